The molecule has 0 radical (unpaired) electrons. The van der Waals surface area contributed by atoms with Crippen LogP contribution >= 0.6 is 0 Å². The van der Waals surface area contributed by atoms with Gasteiger partial charge in [-0.05, 0) is 56.4 Å². The van der Waals surface area contributed by atoms with Crippen LogP contribution in [0.15, 0.2) is 48.8 Å². The van der Waals surface area contributed by atoms with Crippen molar-refractivity contribution in [1.29, 1.82) is 0 Å². The number of unbranched alkanes of at least 4 members (excludes halogenated alkanes) is 10. The van der Waals surface area contributed by atoms with Crippen molar-refractivity contribution < 1.29 is 14.2 Å². The first kappa shape index (κ1) is 29.8. The molecule has 1 heterocycles. The Morgan fingerprint density at radius 3 is 1.94 bits per heavy atom. The predicted molar refractivity (Wildman–Crippen MR) is 150 cm³/mol. The summed E-state index contributed by atoms with van der Waals surface area (Å²) >= 11 is 0. The fourth-order valence-electron chi connectivity index (χ4n) is 3.84. The molecule has 200 valence electrons. The van der Waals surface area contributed by atoms with Gasteiger partial charge in [-0.3, -0.25) is 0 Å². The van der Waals surface area contributed by atoms with Crippen molar-refractivity contribution in [3.05, 3.63) is 48.8 Å². The van der Waals surface area contributed by atoms with Gasteiger partial charge in [-0.25, -0.2) is 9.97 Å². The summed E-state index contributed by atoms with van der Waals surface area (Å²) in [6.07, 6.45) is 23.9. The molecular weight excluding hydrogens is 448 g/mol. The first-order valence-electron chi connectivity index (χ1n) is 14.2. The molecule has 0 aliphatic rings. The monoisotopic (exact) mass is 496 g/mol. The molecule has 0 N–H and O–H groups in total. The summed E-state index contributed by atoms with van der Waals surface area (Å²) in [6, 6.07) is 7.92. The molecule has 0 aliphatic carbocycles. The minimum absolute atomic E-state index is 0.600. The maximum Gasteiger partial charge on any atom is 0.159 e. The lowest BCUT2D eigenvalue weighted by molar-refractivity contribution is 0.122. The highest BCUT2D eigenvalue weighted by Crippen LogP contribution is 2.20. The highest BCUT2D eigenvalue weighted by atomic mass is 16.5. The number of hydrogen-bond donors (Lipinski definition) is 0. The third kappa shape index (κ3) is 14.2. The summed E-state index contributed by atoms with van der Waals surface area (Å²) in [4.78, 5) is 8.91. The van der Waals surface area contributed by atoms with Crippen molar-refractivity contribution in [1.82, 2.24) is 9.97 Å². The smallest absolute Gasteiger partial charge is 0.159 e. The Kier molecular flexibility index (Phi) is 17.2. The Morgan fingerprint density at radius 1 is 0.611 bits per heavy atom. The molecule has 0 fully saturated rings. The molecule has 1 aromatic carbocycles. The third-order valence-corrected chi connectivity index (χ3v) is 6.07. The summed E-state index contributed by atoms with van der Waals surface area (Å²) in [5.41, 5.74) is 0.962. The van der Waals surface area contributed by atoms with Gasteiger partial charge >= 0.3 is 0 Å². The Hall–Kier alpha value is -2.40. The Bertz CT molecular complexity index is 790. The third-order valence-electron chi connectivity index (χ3n) is 6.07. The maximum atomic E-state index is 5.82. The van der Waals surface area contributed by atoms with Gasteiger partial charge in [0, 0.05) is 18.8 Å². The van der Waals surface area contributed by atoms with Crippen molar-refractivity contribution in [3.8, 4) is 22.9 Å². The lowest BCUT2D eigenvalue weighted by atomic mass is 10.1. The fourth-order valence-corrected chi connectivity index (χ4v) is 3.84. The lowest BCUT2D eigenvalue weighted by Crippen LogP contribution is -2.02. The van der Waals surface area contributed by atoms with E-state index >= 15 is 0 Å². The minimum Gasteiger partial charge on any atom is -0.490 e. The molecule has 0 spiro atoms. The average Bonchev–Trinajstić information content (AvgIpc) is 2.91. The molecule has 5 nitrogen and oxygen atoms in total. The van der Waals surface area contributed by atoms with E-state index in [1.807, 2.05) is 24.3 Å². The van der Waals surface area contributed by atoms with Crippen LogP contribution in [0.3, 0.4) is 0 Å². The normalized spacial score (nSPS) is 11.3. The molecule has 0 atom stereocenters. The molecule has 0 aliphatic heterocycles. The predicted octanol–water partition coefficient (Wildman–Crippen LogP) is 8.59. The molecule has 0 saturated heterocycles. The molecule has 0 bridgehead atoms. The Labute approximate surface area is 219 Å². The zero-order chi connectivity index (χ0) is 25.5. The molecule has 2 rings (SSSR count). The van der Waals surface area contributed by atoms with E-state index in [0.29, 0.717) is 24.8 Å². The van der Waals surface area contributed by atoms with Crippen LogP contribution in [0.2, 0.25) is 0 Å². The minimum atomic E-state index is 0.600. The van der Waals surface area contributed by atoms with E-state index in [2.05, 4.69) is 36.0 Å². The number of rotatable bonds is 22. The standard InChI is InChI=1S/C31H48N2O3/c1-3-5-7-9-10-11-12-13-15-24-35-29-20-18-28(19-21-29)31-32-26-30(27-33-31)36-25-17-16-23-34-22-14-8-6-4-2/h13,15,18-21,26-27H,3-12,14,16-17,22-25H2,1-2H3. The number of aromatic nitrogens is 2. The SMILES string of the molecule is CCCCCCCCC=CCOc1ccc(-c2ncc(OCCCCOCCCCCC)cn2)cc1. The van der Waals surface area contributed by atoms with Gasteiger partial charge in [0.2, 0.25) is 0 Å². The van der Waals surface area contributed by atoms with Crippen LogP contribution in [0.25, 0.3) is 11.4 Å². The van der Waals surface area contributed by atoms with E-state index in [1.54, 1.807) is 12.4 Å². The van der Waals surface area contributed by atoms with Gasteiger partial charge < -0.3 is 14.2 Å². The molecular formula is C31H48N2O3. The average molecular weight is 497 g/mol. The highest BCUT2D eigenvalue weighted by Gasteiger charge is 2.03. The van der Waals surface area contributed by atoms with E-state index in [-0.39, 0.29) is 0 Å². The van der Waals surface area contributed by atoms with E-state index in [4.69, 9.17) is 14.2 Å². The van der Waals surface area contributed by atoms with Crippen molar-refractivity contribution in [3.63, 3.8) is 0 Å². The number of ether oxygens (including phenoxy) is 3. The molecule has 2 aromatic rings. The lowest BCUT2D eigenvalue weighted by Gasteiger charge is -2.08. The van der Waals surface area contributed by atoms with Gasteiger partial charge in [0.25, 0.3) is 0 Å². The summed E-state index contributed by atoms with van der Waals surface area (Å²) in [5, 5.41) is 0. The maximum absolute atomic E-state index is 5.82. The van der Waals surface area contributed by atoms with E-state index in [9.17, 15) is 0 Å². The van der Waals surface area contributed by atoms with Crippen LogP contribution in [0.4, 0.5) is 0 Å². The van der Waals surface area contributed by atoms with E-state index < -0.39 is 0 Å². The van der Waals surface area contributed by atoms with E-state index in [0.717, 1.165) is 43.8 Å². The second kappa shape index (κ2) is 20.8. The van der Waals surface area contributed by atoms with Gasteiger partial charge in [0.05, 0.1) is 19.0 Å². The summed E-state index contributed by atoms with van der Waals surface area (Å²) in [7, 11) is 0. The first-order valence-corrected chi connectivity index (χ1v) is 14.2. The van der Waals surface area contributed by atoms with Gasteiger partial charge in [-0.15, -0.1) is 0 Å². The zero-order valence-electron chi connectivity index (χ0n) is 22.8. The van der Waals surface area contributed by atoms with Crippen LogP contribution < -0.4 is 9.47 Å². The number of allylic oxidation sites excluding steroid dienone is 1. The molecule has 1 aromatic heterocycles. The molecule has 36 heavy (non-hydrogen) atoms. The summed E-state index contributed by atoms with van der Waals surface area (Å²) in [5.74, 6) is 2.24. The molecule has 5 heteroatoms. The Morgan fingerprint density at radius 2 is 1.22 bits per heavy atom. The van der Waals surface area contributed by atoms with Gasteiger partial charge in [-0.2, -0.15) is 0 Å². The van der Waals surface area contributed by atoms with Crippen LogP contribution in [-0.2, 0) is 4.74 Å². The topological polar surface area (TPSA) is 53.5 Å². The van der Waals surface area contributed by atoms with Crippen LogP contribution in [-0.4, -0.2) is 36.4 Å². The second-order valence-electron chi connectivity index (χ2n) is 9.33. The highest BCUT2D eigenvalue weighted by molar-refractivity contribution is 5.56. The fraction of sp³-hybridized carbons (Fsp3) is 0.613. The molecule has 0 unspecified atom stereocenters. The molecule has 0 saturated carbocycles. The number of nitrogens with zero attached hydrogens (tertiary/aromatic N) is 2. The van der Waals surface area contributed by atoms with Crippen molar-refractivity contribution in [2.24, 2.45) is 0 Å². The number of benzene rings is 1. The van der Waals surface area contributed by atoms with Crippen LogP contribution in [0, 0.1) is 0 Å². The molecule has 0 amide bonds. The van der Waals surface area contributed by atoms with Gasteiger partial charge in [-0.1, -0.05) is 77.4 Å². The summed E-state index contributed by atoms with van der Waals surface area (Å²) in [6.45, 7) is 7.42. The zero-order valence-corrected chi connectivity index (χ0v) is 22.8. The second-order valence-corrected chi connectivity index (χ2v) is 9.33. The largest absolute Gasteiger partial charge is 0.490 e. The van der Waals surface area contributed by atoms with Gasteiger partial charge in [0.1, 0.15) is 12.4 Å². The van der Waals surface area contributed by atoms with Crippen molar-refractivity contribution in [2.75, 3.05) is 26.4 Å². The quantitative estimate of drug-likeness (QED) is 0.121. The van der Waals surface area contributed by atoms with Gasteiger partial charge in [0.15, 0.2) is 11.6 Å². The van der Waals surface area contributed by atoms with E-state index in [1.165, 1.54) is 64.2 Å². The summed E-state index contributed by atoms with van der Waals surface area (Å²) < 4.78 is 17.3. The van der Waals surface area contributed by atoms with Crippen LogP contribution in [0.1, 0.15) is 97.3 Å². The van der Waals surface area contributed by atoms with Crippen molar-refractivity contribution >= 4 is 0 Å². The van der Waals surface area contributed by atoms with Crippen molar-refractivity contribution in [2.45, 2.75) is 97.3 Å². The Balaban J connectivity index is 1.56. The number of hydrogen-bond acceptors (Lipinski definition) is 5. The van der Waals surface area contributed by atoms with Crippen LogP contribution in [0.5, 0.6) is 11.5 Å². The first-order chi connectivity index (χ1) is 17.8.